The molecule has 1 unspecified atom stereocenters. The third-order valence-corrected chi connectivity index (χ3v) is 6.15. The van der Waals surface area contributed by atoms with Crippen molar-refractivity contribution in [2.75, 3.05) is 17.1 Å². The molecule has 0 spiro atoms. The molecule has 0 fully saturated rings. The Morgan fingerprint density at radius 2 is 1.59 bits per heavy atom. The molecular formula is C24H33N3O4S. The van der Waals surface area contributed by atoms with Crippen molar-refractivity contribution in [2.24, 2.45) is 0 Å². The van der Waals surface area contributed by atoms with E-state index in [4.69, 9.17) is 0 Å². The van der Waals surface area contributed by atoms with Crippen LogP contribution in [0.1, 0.15) is 38.3 Å². The van der Waals surface area contributed by atoms with Crippen LogP contribution in [0.3, 0.4) is 0 Å². The van der Waals surface area contributed by atoms with Crippen LogP contribution in [0, 0.1) is 6.92 Å². The average molecular weight is 460 g/mol. The molecular weight excluding hydrogens is 426 g/mol. The fourth-order valence-electron chi connectivity index (χ4n) is 3.40. The van der Waals surface area contributed by atoms with Gasteiger partial charge in [-0.05, 0) is 44.9 Å². The SMILES string of the molecule is CCC(C(=O)NC(C)C)N(Cc1ccc(C)cc1)C(=O)CN(c1ccccc1)S(C)(=O)=O. The number of anilines is 1. The summed E-state index contributed by atoms with van der Waals surface area (Å²) >= 11 is 0. The van der Waals surface area contributed by atoms with Gasteiger partial charge in [-0.25, -0.2) is 8.42 Å². The number of sulfonamides is 1. The Balaban J connectivity index is 2.40. The first-order chi connectivity index (χ1) is 15.0. The summed E-state index contributed by atoms with van der Waals surface area (Å²) < 4.78 is 26.0. The third-order valence-electron chi connectivity index (χ3n) is 5.01. The quantitative estimate of drug-likeness (QED) is 0.592. The maximum Gasteiger partial charge on any atom is 0.244 e. The minimum atomic E-state index is -3.71. The molecule has 174 valence electrons. The smallest absolute Gasteiger partial charge is 0.244 e. The summed E-state index contributed by atoms with van der Waals surface area (Å²) in [6.45, 7) is 7.35. The highest BCUT2D eigenvalue weighted by Crippen LogP contribution is 2.19. The number of hydrogen-bond acceptors (Lipinski definition) is 4. The van der Waals surface area contributed by atoms with Crippen LogP contribution in [0.4, 0.5) is 5.69 Å². The highest BCUT2D eigenvalue weighted by molar-refractivity contribution is 7.92. The molecule has 0 bridgehead atoms. The van der Waals surface area contributed by atoms with E-state index in [-0.39, 0.29) is 25.0 Å². The average Bonchev–Trinajstić information content (AvgIpc) is 2.72. The van der Waals surface area contributed by atoms with Gasteiger partial charge in [-0.1, -0.05) is 55.0 Å². The molecule has 8 heteroatoms. The van der Waals surface area contributed by atoms with Crippen molar-refractivity contribution in [3.8, 4) is 0 Å². The second-order valence-corrected chi connectivity index (χ2v) is 10.1. The molecule has 0 saturated heterocycles. The van der Waals surface area contributed by atoms with Crippen molar-refractivity contribution in [1.29, 1.82) is 0 Å². The summed E-state index contributed by atoms with van der Waals surface area (Å²) in [5.74, 6) is -0.695. The second kappa shape index (κ2) is 11.1. The topological polar surface area (TPSA) is 86.8 Å². The van der Waals surface area contributed by atoms with E-state index in [1.54, 1.807) is 30.3 Å². The number of amides is 2. The summed E-state index contributed by atoms with van der Waals surface area (Å²) in [7, 11) is -3.71. The Hall–Kier alpha value is -2.87. The Kier molecular flexibility index (Phi) is 8.83. The summed E-state index contributed by atoms with van der Waals surface area (Å²) in [5.41, 5.74) is 2.35. The molecule has 0 aromatic heterocycles. The first-order valence-corrected chi connectivity index (χ1v) is 12.6. The van der Waals surface area contributed by atoms with Gasteiger partial charge in [0.1, 0.15) is 12.6 Å². The van der Waals surface area contributed by atoms with E-state index in [0.717, 1.165) is 21.7 Å². The summed E-state index contributed by atoms with van der Waals surface area (Å²) in [5, 5.41) is 2.87. The van der Waals surface area contributed by atoms with Crippen molar-refractivity contribution in [3.05, 3.63) is 65.7 Å². The van der Waals surface area contributed by atoms with Gasteiger partial charge < -0.3 is 10.2 Å². The van der Waals surface area contributed by atoms with Crippen molar-refractivity contribution in [1.82, 2.24) is 10.2 Å². The number of hydrogen-bond donors (Lipinski definition) is 1. The number of carbonyl (C=O) groups excluding carboxylic acids is 2. The first-order valence-electron chi connectivity index (χ1n) is 10.7. The van der Waals surface area contributed by atoms with Gasteiger partial charge in [0.2, 0.25) is 21.8 Å². The molecule has 0 saturated carbocycles. The highest BCUT2D eigenvalue weighted by Gasteiger charge is 2.31. The van der Waals surface area contributed by atoms with E-state index in [9.17, 15) is 18.0 Å². The van der Waals surface area contributed by atoms with E-state index >= 15 is 0 Å². The minimum Gasteiger partial charge on any atom is -0.352 e. The molecule has 2 rings (SSSR count). The number of aryl methyl sites for hydroxylation is 1. The maximum absolute atomic E-state index is 13.5. The number of nitrogens with one attached hydrogen (secondary N) is 1. The van der Waals surface area contributed by atoms with Crippen molar-refractivity contribution in [2.45, 2.75) is 52.7 Å². The lowest BCUT2D eigenvalue weighted by Gasteiger charge is -2.33. The minimum absolute atomic E-state index is 0.0790. The fourth-order valence-corrected chi connectivity index (χ4v) is 4.25. The Labute approximate surface area is 191 Å². The van der Waals surface area contributed by atoms with E-state index in [1.165, 1.54) is 4.90 Å². The van der Waals surface area contributed by atoms with Crippen LogP contribution < -0.4 is 9.62 Å². The molecule has 0 aliphatic carbocycles. The number of carbonyl (C=O) groups is 2. The zero-order valence-corrected chi connectivity index (χ0v) is 20.2. The molecule has 0 radical (unpaired) electrons. The van der Waals surface area contributed by atoms with E-state index in [2.05, 4.69) is 5.32 Å². The first kappa shape index (κ1) is 25.4. The van der Waals surface area contributed by atoms with Gasteiger partial charge in [0.05, 0.1) is 11.9 Å². The lowest BCUT2D eigenvalue weighted by Crippen LogP contribution is -2.53. The molecule has 32 heavy (non-hydrogen) atoms. The second-order valence-electron chi connectivity index (χ2n) is 8.20. The fraction of sp³-hybridized carbons (Fsp3) is 0.417. The van der Waals surface area contributed by atoms with Gasteiger partial charge >= 0.3 is 0 Å². The summed E-state index contributed by atoms with van der Waals surface area (Å²) in [4.78, 5) is 27.8. The van der Waals surface area contributed by atoms with Gasteiger partial charge in [-0.2, -0.15) is 0 Å². The standard InChI is InChI=1S/C24H33N3O4S/c1-6-22(24(29)25-18(2)3)26(16-20-14-12-19(4)13-15-20)23(28)17-27(32(5,30)31)21-10-8-7-9-11-21/h7-15,18,22H,6,16-17H2,1-5H3,(H,25,29). The lowest BCUT2D eigenvalue weighted by atomic mass is 10.1. The number of benzene rings is 2. The zero-order chi connectivity index (χ0) is 23.9. The lowest BCUT2D eigenvalue weighted by molar-refractivity contribution is -0.140. The van der Waals surface area contributed by atoms with Crippen LogP contribution in [-0.2, 0) is 26.2 Å². The Bertz CT molecular complexity index is 1010. The van der Waals surface area contributed by atoms with E-state index < -0.39 is 22.0 Å². The van der Waals surface area contributed by atoms with Crippen LogP contribution in [0.2, 0.25) is 0 Å². The van der Waals surface area contributed by atoms with E-state index in [1.807, 2.05) is 52.0 Å². The van der Waals surface area contributed by atoms with Crippen LogP contribution in [-0.4, -0.2) is 50.0 Å². The maximum atomic E-state index is 13.5. The van der Waals surface area contributed by atoms with Crippen molar-refractivity contribution in [3.63, 3.8) is 0 Å². The molecule has 2 amide bonds. The Morgan fingerprint density at radius 3 is 2.09 bits per heavy atom. The molecule has 7 nitrogen and oxygen atoms in total. The van der Waals surface area contributed by atoms with Gasteiger partial charge in [0, 0.05) is 12.6 Å². The molecule has 0 aliphatic heterocycles. The highest BCUT2D eigenvalue weighted by atomic mass is 32.2. The van der Waals surface area contributed by atoms with Gasteiger partial charge in [0.25, 0.3) is 0 Å². The van der Waals surface area contributed by atoms with Gasteiger partial charge in [-0.15, -0.1) is 0 Å². The predicted octanol–water partition coefficient (Wildman–Crippen LogP) is 3.09. The van der Waals surface area contributed by atoms with Crippen LogP contribution in [0.25, 0.3) is 0 Å². The number of rotatable bonds is 10. The zero-order valence-electron chi connectivity index (χ0n) is 19.4. The van der Waals surface area contributed by atoms with Crippen LogP contribution in [0.5, 0.6) is 0 Å². The molecule has 0 aliphatic rings. The monoisotopic (exact) mass is 459 g/mol. The largest absolute Gasteiger partial charge is 0.352 e. The summed E-state index contributed by atoms with van der Waals surface area (Å²) in [6, 6.07) is 15.4. The molecule has 0 heterocycles. The Morgan fingerprint density at radius 1 is 1.00 bits per heavy atom. The van der Waals surface area contributed by atoms with Gasteiger partial charge in [-0.3, -0.25) is 13.9 Å². The normalized spacial score (nSPS) is 12.3. The van der Waals surface area contributed by atoms with Crippen LogP contribution in [0.15, 0.2) is 54.6 Å². The van der Waals surface area contributed by atoms with Crippen molar-refractivity contribution < 1.29 is 18.0 Å². The van der Waals surface area contributed by atoms with Crippen molar-refractivity contribution >= 4 is 27.5 Å². The van der Waals surface area contributed by atoms with Crippen LogP contribution >= 0.6 is 0 Å². The van der Waals surface area contributed by atoms with Gasteiger partial charge in [0.15, 0.2) is 0 Å². The molecule has 1 atom stereocenters. The van der Waals surface area contributed by atoms with E-state index in [0.29, 0.717) is 12.1 Å². The third kappa shape index (κ3) is 7.09. The number of nitrogens with zero attached hydrogens (tertiary/aromatic N) is 2. The summed E-state index contributed by atoms with van der Waals surface area (Å²) in [6.07, 6.45) is 1.47. The molecule has 2 aromatic carbocycles. The number of para-hydroxylation sites is 1. The molecule has 2 aromatic rings. The molecule has 1 N–H and O–H groups in total. The predicted molar refractivity (Wildman–Crippen MR) is 128 cm³/mol.